The van der Waals surface area contributed by atoms with Crippen molar-refractivity contribution in [1.82, 2.24) is 5.32 Å². The van der Waals surface area contributed by atoms with Crippen molar-refractivity contribution in [1.29, 1.82) is 0 Å². The number of carbonyl (C=O) groups is 1. The maximum absolute atomic E-state index is 12.3. The quantitative estimate of drug-likeness (QED) is 0.274. The van der Waals surface area contributed by atoms with Gasteiger partial charge in [0.15, 0.2) is 11.5 Å². The lowest BCUT2D eigenvalue weighted by molar-refractivity contribution is -0.138. The highest BCUT2D eigenvalue weighted by Crippen LogP contribution is 2.33. The number of aliphatic carboxylic acids is 1. The molecule has 0 spiro atoms. The molecular weight excluding hydrogens is 434 g/mol. The number of carboxylic acids is 1. The van der Waals surface area contributed by atoms with Crippen LogP contribution in [-0.4, -0.2) is 51.4 Å². The summed E-state index contributed by atoms with van der Waals surface area (Å²) in [5.41, 5.74) is 1.17. The SMILES string of the molecule is CCCCCCCCS(=O)C(C)Cc1ccc2c(c1)OCO2.CCN[C@H](CS)C(=O)O. The van der Waals surface area contributed by atoms with Crippen LogP contribution < -0.4 is 14.8 Å². The zero-order valence-electron chi connectivity index (χ0n) is 19.1. The Kier molecular flexibility index (Phi) is 14.7. The number of ether oxygens (including phenoxy) is 2. The molecule has 0 bridgehead atoms. The molecule has 0 aromatic heterocycles. The average molecular weight is 474 g/mol. The van der Waals surface area contributed by atoms with Gasteiger partial charge in [0.2, 0.25) is 6.79 Å². The lowest BCUT2D eigenvalue weighted by Gasteiger charge is -2.12. The molecule has 31 heavy (non-hydrogen) atoms. The second-order valence-corrected chi connectivity index (χ2v) is 10.0. The van der Waals surface area contributed by atoms with E-state index < -0.39 is 22.8 Å². The number of benzene rings is 1. The molecular formula is C23H39NO5S2. The fraction of sp³-hybridized carbons (Fsp3) is 0.696. The number of fused-ring (bicyclic) bond motifs is 1. The zero-order chi connectivity index (χ0) is 23.1. The molecule has 0 saturated carbocycles. The Balaban J connectivity index is 0.000000452. The molecule has 2 rings (SSSR count). The molecule has 1 aliphatic heterocycles. The van der Waals surface area contributed by atoms with Crippen molar-refractivity contribution in [2.45, 2.75) is 77.0 Å². The standard InChI is InChI=1S/C18H28O3S.C5H11NO2S/c1-3-4-5-6-7-8-11-22(19)15(2)12-16-9-10-17-18(13-16)21-14-20-17;1-2-6-4(3-9)5(7)8/h9-10,13,15H,3-8,11-12,14H2,1-2H3;4,6,9H,2-3H2,1H3,(H,7,8)/t;4-/m.1/s1. The number of rotatable bonds is 14. The van der Waals surface area contributed by atoms with Gasteiger partial charge in [-0.25, -0.2) is 0 Å². The van der Waals surface area contributed by atoms with Gasteiger partial charge >= 0.3 is 5.97 Å². The summed E-state index contributed by atoms with van der Waals surface area (Å²) in [4.78, 5) is 10.2. The minimum Gasteiger partial charge on any atom is -0.480 e. The van der Waals surface area contributed by atoms with Gasteiger partial charge in [-0.15, -0.1) is 0 Å². The summed E-state index contributed by atoms with van der Waals surface area (Å²) in [6.45, 7) is 7.14. The van der Waals surface area contributed by atoms with Crippen molar-refractivity contribution >= 4 is 29.4 Å². The number of hydrogen-bond acceptors (Lipinski definition) is 6. The van der Waals surface area contributed by atoms with Crippen LogP contribution >= 0.6 is 12.6 Å². The topological polar surface area (TPSA) is 84.9 Å². The van der Waals surface area contributed by atoms with E-state index in [1.807, 2.05) is 25.1 Å². The minimum atomic E-state index is -0.841. The highest BCUT2D eigenvalue weighted by Gasteiger charge is 2.16. The predicted octanol–water partition coefficient (Wildman–Crippen LogP) is 4.43. The summed E-state index contributed by atoms with van der Waals surface area (Å²) < 4.78 is 23.0. The first-order valence-corrected chi connectivity index (χ1v) is 13.3. The third-order valence-corrected chi connectivity index (χ3v) is 7.16. The van der Waals surface area contributed by atoms with Crippen LogP contribution in [0.5, 0.6) is 11.5 Å². The van der Waals surface area contributed by atoms with Gasteiger partial charge < -0.3 is 19.9 Å². The third kappa shape index (κ3) is 11.3. The summed E-state index contributed by atoms with van der Waals surface area (Å²) in [7, 11) is -0.743. The number of unbranched alkanes of at least 4 members (excludes halogenated alkanes) is 5. The summed E-state index contributed by atoms with van der Waals surface area (Å²) >= 11 is 3.85. The maximum Gasteiger partial charge on any atom is 0.321 e. The van der Waals surface area contributed by atoms with Crippen LogP contribution in [0.15, 0.2) is 18.2 Å². The first-order chi connectivity index (χ1) is 14.9. The van der Waals surface area contributed by atoms with Crippen molar-refractivity contribution in [3.63, 3.8) is 0 Å². The highest BCUT2D eigenvalue weighted by atomic mass is 32.2. The fourth-order valence-electron chi connectivity index (χ4n) is 3.19. The Morgan fingerprint density at radius 3 is 2.45 bits per heavy atom. The lowest BCUT2D eigenvalue weighted by Crippen LogP contribution is -2.37. The molecule has 0 aliphatic carbocycles. The van der Waals surface area contributed by atoms with Crippen molar-refractivity contribution in [2.75, 3.05) is 24.8 Å². The summed E-state index contributed by atoms with van der Waals surface area (Å²) in [6.07, 6.45) is 8.32. The first-order valence-electron chi connectivity index (χ1n) is 11.3. The van der Waals surface area contributed by atoms with Crippen molar-refractivity contribution in [3.05, 3.63) is 23.8 Å². The average Bonchev–Trinajstić information content (AvgIpc) is 3.22. The first kappa shape index (κ1) is 27.8. The molecule has 1 aliphatic rings. The molecule has 6 nitrogen and oxygen atoms in total. The van der Waals surface area contributed by atoms with Gasteiger partial charge in [-0.2, -0.15) is 12.6 Å². The monoisotopic (exact) mass is 473 g/mol. The molecule has 2 N–H and O–H groups in total. The predicted molar refractivity (Wildman–Crippen MR) is 131 cm³/mol. The Morgan fingerprint density at radius 1 is 1.16 bits per heavy atom. The van der Waals surface area contributed by atoms with Crippen LogP contribution in [0.2, 0.25) is 0 Å². The number of hydrogen-bond donors (Lipinski definition) is 3. The van der Waals surface area contributed by atoms with E-state index >= 15 is 0 Å². The third-order valence-electron chi connectivity index (χ3n) is 5.04. The molecule has 178 valence electrons. The smallest absolute Gasteiger partial charge is 0.321 e. The summed E-state index contributed by atoms with van der Waals surface area (Å²) in [5, 5.41) is 11.3. The number of nitrogens with one attached hydrogen (secondary N) is 1. The molecule has 3 atom stereocenters. The van der Waals surface area contributed by atoms with Crippen LogP contribution in [0.1, 0.15) is 64.9 Å². The van der Waals surface area contributed by atoms with Crippen molar-refractivity contribution in [2.24, 2.45) is 0 Å². The Bertz CT molecular complexity index is 671. The van der Waals surface area contributed by atoms with E-state index in [1.54, 1.807) is 0 Å². The number of thiol groups is 1. The van der Waals surface area contributed by atoms with E-state index in [0.717, 1.165) is 30.1 Å². The van der Waals surface area contributed by atoms with Crippen molar-refractivity contribution < 1.29 is 23.6 Å². The maximum atomic E-state index is 12.3. The molecule has 0 saturated heterocycles. The minimum absolute atomic E-state index is 0.191. The van der Waals surface area contributed by atoms with E-state index in [-0.39, 0.29) is 5.25 Å². The molecule has 0 fully saturated rings. The largest absolute Gasteiger partial charge is 0.480 e. The van der Waals surface area contributed by atoms with Crippen molar-refractivity contribution in [3.8, 4) is 11.5 Å². The molecule has 1 heterocycles. The Hall–Kier alpha value is -1.25. The van der Waals surface area contributed by atoms with Crippen LogP contribution in [0.3, 0.4) is 0 Å². The summed E-state index contributed by atoms with van der Waals surface area (Å²) in [5.74, 6) is 1.95. The van der Waals surface area contributed by atoms with E-state index in [1.165, 1.54) is 37.7 Å². The van der Waals surface area contributed by atoms with E-state index in [2.05, 4.69) is 31.8 Å². The zero-order valence-corrected chi connectivity index (χ0v) is 20.8. The molecule has 0 amide bonds. The highest BCUT2D eigenvalue weighted by molar-refractivity contribution is 7.85. The second kappa shape index (κ2) is 16.4. The van der Waals surface area contributed by atoms with Gasteiger partial charge in [0.1, 0.15) is 6.04 Å². The second-order valence-electron chi connectivity index (χ2n) is 7.69. The van der Waals surface area contributed by atoms with Crippen LogP contribution in [-0.2, 0) is 22.0 Å². The molecule has 8 heteroatoms. The number of likely N-dealkylation sites (N-methyl/N-ethyl adjacent to an activating group) is 1. The lowest BCUT2D eigenvalue weighted by atomic mass is 10.1. The molecule has 1 aromatic carbocycles. The fourth-order valence-corrected chi connectivity index (χ4v) is 4.75. The summed E-state index contributed by atoms with van der Waals surface area (Å²) in [6, 6.07) is 5.51. The van der Waals surface area contributed by atoms with E-state index in [4.69, 9.17) is 14.6 Å². The van der Waals surface area contributed by atoms with Crippen LogP contribution in [0, 0.1) is 0 Å². The van der Waals surface area contributed by atoms with Gasteiger partial charge in [0, 0.05) is 27.6 Å². The Morgan fingerprint density at radius 2 is 1.84 bits per heavy atom. The van der Waals surface area contributed by atoms with Gasteiger partial charge in [-0.3, -0.25) is 9.00 Å². The van der Waals surface area contributed by atoms with Gasteiger partial charge in [0.05, 0.1) is 0 Å². The molecule has 2 unspecified atom stereocenters. The molecule has 1 aromatic rings. The van der Waals surface area contributed by atoms with Gasteiger partial charge in [-0.1, -0.05) is 58.9 Å². The Labute approximate surface area is 195 Å². The van der Waals surface area contributed by atoms with Gasteiger partial charge in [-0.05, 0) is 37.1 Å². The van der Waals surface area contributed by atoms with E-state index in [9.17, 15) is 9.00 Å². The number of carboxylic acid groups (broad SMARTS) is 1. The van der Waals surface area contributed by atoms with Gasteiger partial charge in [0.25, 0.3) is 0 Å². The van der Waals surface area contributed by atoms with Crippen LogP contribution in [0.25, 0.3) is 0 Å². The molecule has 0 radical (unpaired) electrons. The van der Waals surface area contributed by atoms with E-state index in [0.29, 0.717) is 19.1 Å². The normalized spacial score (nSPS) is 15.0. The van der Waals surface area contributed by atoms with Crippen LogP contribution in [0.4, 0.5) is 0 Å².